The highest BCUT2D eigenvalue weighted by atomic mass is 16.6. The molecule has 0 saturated heterocycles. The third kappa shape index (κ3) is 2.38. The van der Waals surface area contributed by atoms with E-state index in [1.807, 2.05) is 0 Å². The van der Waals surface area contributed by atoms with Crippen molar-refractivity contribution in [2.75, 3.05) is 5.32 Å². The van der Waals surface area contributed by atoms with Crippen LogP contribution in [0.5, 0.6) is 0 Å². The first-order chi connectivity index (χ1) is 8.02. The molecule has 1 fully saturated rings. The summed E-state index contributed by atoms with van der Waals surface area (Å²) in [6.07, 6.45) is 6.04. The summed E-state index contributed by atoms with van der Waals surface area (Å²) in [7, 11) is 0. The van der Waals surface area contributed by atoms with Gasteiger partial charge in [0.15, 0.2) is 0 Å². The molecule has 92 valence electrons. The van der Waals surface area contributed by atoms with Gasteiger partial charge in [-0.05, 0) is 32.8 Å². The van der Waals surface area contributed by atoms with Crippen molar-refractivity contribution in [3.05, 3.63) is 27.9 Å². The summed E-state index contributed by atoms with van der Waals surface area (Å²) in [6, 6.07) is 1.67. The fraction of sp³-hybridized carbons (Fsp3) is 0.583. The maximum absolute atomic E-state index is 11.0. The molecule has 0 radical (unpaired) electrons. The first-order valence-corrected chi connectivity index (χ1v) is 5.90. The summed E-state index contributed by atoms with van der Waals surface area (Å²) in [5.41, 5.74) is 0.695. The van der Waals surface area contributed by atoms with Crippen LogP contribution in [-0.4, -0.2) is 15.4 Å². The van der Waals surface area contributed by atoms with E-state index in [9.17, 15) is 10.1 Å². The Hall–Kier alpha value is -1.65. The van der Waals surface area contributed by atoms with Crippen LogP contribution < -0.4 is 5.32 Å². The predicted octanol–water partition coefficient (Wildman–Crippen LogP) is 3.04. The zero-order valence-electron chi connectivity index (χ0n) is 10.2. The van der Waals surface area contributed by atoms with E-state index in [1.165, 1.54) is 12.8 Å². The Kier molecular flexibility index (Phi) is 3.00. The molecule has 0 bridgehead atoms. The molecule has 17 heavy (non-hydrogen) atoms. The minimum atomic E-state index is -0.358. The fourth-order valence-corrected chi connectivity index (χ4v) is 2.44. The van der Waals surface area contributed by atoms with Crippen molar-refractivity contribution in [1.29, 1.82) is 0 Å². The molecule has 0 aromatic carbocycles. The molecule has 0 spiro atoms. The Morgan fingerprint density at radius 1 is 1.47 bits per heavy atom. The van der Waals surface area contributed by atoms with Crippen LogP contribution >= 0.6 is 0 Å². The normalized spacial score (nSPS) is 18.0. The molecule has 1 aromatic heterocycles. The predicted molar refractivity (Wildman–Crippen MR) is 66.1 cm³/mol. The molecule has 0 atom stereocenters. The quantitative estimate of drug-likeness (QED) is 0.645. The lowest BCUT2D eigenvalue weighted by Crippen LogP contribution is -2.31. The van der Waals surface area contributed by atoms with E-state index in [4.69, 9.17) is 0 Å². The largest absolute Gasteiger partial charge is 0.359 e. The lowest BCUT2D eigenvalue weighted by Gasteiger charge is -2.25. The number of nitrogens with zero attached hydrogens (tertiary/aromatic N) is 2. The van der Waals surface area contributed by atoms with Crippen molar-refractivity contribution in [3.8, 4) is 0 Å². The van der Waals surface area contributed by atoms with Crippen LogP contribution in [0.2, 0.25) is 0 Å². The van der Waals surface area contributed by atoms with Crippen molar-refractivity contribution in [3.63, 3.8) is 0 Å². The second kappa shape index (κ2) is 4.31. The number of hydrogen-bond acceptors (Lipinski definition) is 4. The van der Waals surface area contributed by atoms with Gasteiger partial charge in [-0.15, -0.1) is 0 Å². The summed E-state index contributed by atoms with van der Waals surface area (Å²) >= 11 is 0. The third-order valence-corrected chi connectivity index (χ3v) is 3.44. The number of nitro groups is 1. The number of aryl methyl sites for hydroxylation is 1. The van der Waals surface area contributed by atoms with Crippen molar-refractivity contribution in [1.82, 2.24) is 4.98 Å². The van der Waals surface area contributed by atoms with Gasteiger partial charge < -0.3 is 5.32 Å². The van der Waals surface area contributed by atoms with Gasteiger partial charge in [0.05, 0.1) is 4.92 Å². The summed E-state index contributed by atoms with van der Waals surface area (Å²) < 4.78 is 0. The highest BCUT2D eigenvalue weighted by Crippen LogP contribution is 2.35. The lowest BCUT2D eigenvalue weighted by molar-refractivity contribution is -0.384. The molecule has 1 N–H and O–H groups in total. The molecule has 0 amide bonds. The average Bonchev–Trinajstić information content (AvgIpc) is 2.64. The van der Waals surface area contributed by atoms with E-state index in [0.717, 1.165) is 12.8 Å². The first-order valence-electron chi connectivity index (χ1n) is 5.90. The average molecular weight is 235 g/mol. The Labute approximate surface area is 100 Å². The second-order valence-electron chi connectivity index (χ2n) is 4.97. The molecule has 1 heterocycles. The van der Waals surface area contributed by atoms with Crippen LogP contribution in [-0.2, 0) is 0 Å². The monoisotopic (exact) mass is 235 g/mol. The third-order valence-electron chi connectivity index (χ3n) is 3.44. The molecular formula is C12H17N3O2. The molecule has 5 heteroatoms. The van der Waals surface area contributed by atoms with E-state index < -0.39 is 0 Å². The molecule has 1 aromatic rings. The molecule has 5 nitrogen and oxygen atoms in total. The van der Waals surface area contributed by atoms with Gasteiger partial charge in [-0.3, -0.25) is 10.1 Å². The van der Waals surface area contributed by atoms with E-state index in [0.29, 0.717) is 11.4 Å². The maximum atomic E-state index is 11.0. The van der Waals surface area contributed by atoms with E-state index in [-0.39, 0.29) is 16.1 Å². The summed E-state index contributed by atoms with van der Waals surface area (Å²) in [4.78, 5) is 14.8. The smallest absolute Gasteiger partial charge is 0.314 e. The molecule has 1 aliphatic rings. The Morgan fingerprint density at radius 2 is 2.12 bits per heavy atom. The van der Waals surface area contributed by atoms with Crippen molar-refractivity contribution in [2.24, 2.45) is 0 Å². The minimum Gasteiger partial charge on any atom is -0.359 e. The molecule has 0 unspecified atom stereocenters. The Bertz CT molecular complexity index is 439. The SMILES string of the molecule is Cc1ccnc(NC2(C)CCCC2)c1[N+](=O)[O-]. The van der Waals surface area contributed by atoms with E-state index in [1.54, 1.807) is 19.2 Å². The van der Waals surface area contributed by atoms with Gasteiger partial charge in [0.2, 0.25) is 5.82 Å². The highest BCUT2D eigenvalue weighted by Gasteiger charge is 2.31. The number of pyridine rings is 1. The minimum absolute atomic E-state index is 0.0500. The van der Waals surface area contributed by atoms with E-state index in [2.05, 4.69) is 17.2 Å². The molecule has 2 rings (SSSR count). The topological polar surface area (TPSA) is 68.1 Å². The molecule has 1 saturated carbocycles. The summed E-state index contributed by atoms with van der Waals surface area (Å²) in [5, 5.41) is 14.3. The maximum Gasteiger partial charge on any atom is 0.314 e. The van der Waals surface area contributed by atoms with Gasteiger partial charge in [-0.25, -0.2) is 4.98 Å². The van der Waals surface area contributed by atoms with Crippen LogP contribution in [0.3, 0.4) is 0 Å². The zero-order valence-corrected chi connectivity index (χ0v) is 10.2. The standard InChI is InChI=1S/C12H17N3O2/c1-9-5-8-13-11(10(9)15(16)17)14-12(2)6-3-4-7-12/h5,8H,3-4,6-7H2,1-2H3,(H,13,14). The van der Waals surface area contributed by atoms with E-state index >= 15 is 0 Å². The Morgan fingerprint density at radius 3 is 2.71 bits per heavy atom. The molecular weight excluding hydrogens is 218 g/mol. The zero-order chi connectivity index (χ0) is 12.5. The number of aromatic nitrogens is 1. The Balaban J connectivity index is 2.32. The van der Waals surface area contributed by atoms with Crippen molar-refractivity contribution >= 4 is 11.5 Å². The van der Waals surface area contributed by atoms with Crippen LogP contribution in [0.25, 0.3) is 0 Å². The van der Waals surface area contributed by atoms with Crippen molar-refractivity contribution in [2.45, 2.75) is 45.1 Å². The van der Waals surface area contributed by atoms with Crippen LogP contribution in [0, 0.1) is 17.0 Å². The van der Waals surface area contributed by atoms with Gasteiger partial charge in [-0.1, -0.05) is 12.8 Å². The van der Waals surface area contributed by atoms with Gasteiger partial charge in [-0.2, -0.15) is 0 Å². The van der Waals surface area contributed by atoms with Crippen LogP contribution in [0.4, 0.5) is 11.5 Å². The number of anilines is 1. The molecule has 1 aliphatic carbocycles. The second-order valence-corrected chi connectivity index (χ2v) is 4.97. The van der Waals surface area contributed by atoms with Gasteiger partial charge in [0.25, 0.3) is 0 Å². The van der Waals surface area contributed by atoms with Crippen molar-refractivity contribution < 1.29 is 4.92 Å². The number of rotatable bonds is 3. The fourth-order valence-electron chi connectivity index (χ4n) is 2.44. The highest BCUT2D eigenvalue weighted by molar-refractivity contribution is 5.60. The number of hydrogen-bond donors (Lipinski definition) is 1. The van der Waals surface area contributed by atoms with Gasteiger partial charge in [0.1, 0.15) is 0 Å². The lowest BCUT2D eigenvalue weighted by atomic mass is 10.0. The van der Waals surface area contributed by atoms with Crippen LogP contribution in [0.15, 0.2) is 12.3 Å². The molecule has 0 aliphatic heterocycles. The summed E-state index contributed by atoms with van der Waals surface area (Å²) in [5.74, 6) is 0.402. The van der Waals surface area contributed by atoms with Crippen LogP contribution in [0.1, 0.15) is 38.2 Å². The summed E-state index contributed by atoms with van der Waals surface area (Å²) in [6.45, 7) is 3.84. The number of nitrogens with one attached hydrogen (secondary N) is 1. The van der Waals surface area contributed by atoms with Gasteiger partial charge in [0, 0.05) is 17.3 Å². The van der Waals surface area contributed by atoms with Gasteiger partial charge >= 0.3 is 5.69 Å². The first kappa shape index (κ1) is 11.8.